The normalized spacial score (nSPS) is 24.1. The molecule has 20 heavy (non-hydrogen) atoms. The molecule has 0 unspecified atom stereocenters. The Morgan fingerprint density at radius 1 is 1.00 bits per heavy atom. The Bertz CT molecular complexity index is 369. The number of amides is 2. The monoisotopic (exact) mass is 282 g/mol. The Morgan fingerprint density at radius 2 is 1.55 bits per heavy atom. The van der Waals surface area contributed by atoms with E-state index in [1.54, 1.807) is 0 Å². The first-order chi connectivity index (χ1) is 9.46. The van der Waals surface area contributed by atoms with Crippen molar-refractivity contribution in [2.45, 2.75) is 70.3 Å². The van der Waals surface area contributed by atoms with Crippen molar-refractivity contribution in [3.63, 3.8) is 0 Å². The standard InChI is InChI=1S/C15H26N2O3/c1-14(7-5-6-8-14)11-16-13(20)17-15(12(18)19)9-3-2-4-10-15/h2-11H2,1H3,(H,18,19)(H2,16,17,20). The first-order valence-electron chi connectivity index (χ1n) is 7.75. The van der Waals surface area contributed by atoms with E-state index >= 15 is 0 Å². The predicted octanol–water partition coefficient (Wildman–Crippen LogP) is 2.65. The summed E-state index contributed by atoms with van der Waals surface area (Å²) >= 11 is 0. The van der Waals surface area contributed by atoms with Crippen LogP contribution in [-0.2, 0) is 4.79 Å². The number of aliphatic carboxylic acids is 1. The van der Waals surface area contributed by atoms with Gasteiger partial charge in [0.15, 0.2) is 0 Å². The lowest BCUT2D eigenvalue weighted by Crippen LogP contribution is -2.58. The van der Waals surface area contributed by atoms with Gasteiger partial charge in [-0.2, -0.15) is 0 Å². The molecule has 3 N–H and O–H groups in total. The number of carbonyl (C=O) groups is 2. The van der Waals surface area contributed by atoms with Gasteiger partial charge in [0, 0.05) is 6.54 Å². The first kappa shape index (κ1) is 15.1. The Balaban J connectivity index is 1.87. The molecule has 2 rings (SSSR count). The number of hydrogen-bond acceptors (Lipinski definition) is 2. The van der Waals surface area contributed by atoms with Crippen molar-refractivity contribution < 1.29 is 14.7 Å². The number of nitrogens with one attached hydrogen (secondary N) is 2. The first-order valence-corrected chi connectivity index (χ1v) is 7.75. The van der Waals surface area contributed by atoms with E-state index < -0.39 is 11.5 Å². The molecule has 114 valence electrons. The summed E-state index contributed by atoms with van der Waals surface area (Å²) in [7, 11) is 0. The zero-order chi connectivity index (χ0) is 14.6. The summed E-state index contributed by atoms with van der Waals surface area (Å²) in [5, 5.41) is 15.0. The topological polar surface area (TPSA) is 78.4 Å². The van der Waals surface area contributed by atoms with Gasteiger partial charge in [0.1, 0.15) is 5.54 Å². The molecule has 5 nitrogen and oxygen atoms in total. The van der Waals surface area contributed by atoms with Gasteiger partial charge in [-0.15, -0.1) is 0 Å². The molecule has 2 aliphatic rings. The molecule has 0 spiro atoms. The zero-order valence-electron chi connectivity index (χ0n) is 12.3. The largest absolute Gasteiger partial charge is 0.480 e. The molecule has 0 radical (unpaired) electrons. The number of carbonyl (C=O) groups excluding carboxylic acids is 1. The average Bonchev–Trinajstić information content (AvgIpc) is 2.85. The maximum Gasteiger partial charge on any atom is 0.329 e. The second kappa shape index (κ2) is 6.02. The van der Waals surface area contributed by atoms with Crippen LogP contribution in [-0.4, -0.2) is 29.2 Å². The van der Waals surface area contributed by atoms with Crippen molar-refractivity contribution in [3.8, 4) is 0 Å². The van der Waals surface area contributed by atoms with Crippen LogP contribution < -0.4 is 10.6 Å². The predicted molar refractivity (Wildman–Crippen MR) is 76.6 cm³/mol. The fourth-order valence-corrected chi connectivity index (χ4v) is 3.51. The van der Waals surface area contributed by atoms with Gasteiger partial charge in [-0.25, -0.2) is 9.59 Å². The van der Waals surface area contributed by atoms with Gasteiger partial charge in [0.2, 0.25) is 0 Å². The lowest BCUT2D eigenvalue weighted by Gasteiger charge is -2.34. The van der Waals surface area contributed by atoms with Crippen LogP contribution in [0.2, 0.25) is 0 Å². The van der Waals surface area contributed by atoms with E-state index in [0.29, 0.717) is 19.4 Å². The van der Waals surface area contributed by atoms with Crippen molar-refractivity contribution in [3.05, 3.63) is 0 Å². The van der Waals surface area contributed by atoms with Crippen LogP contribution in [0.1, 0.15) is 64.7 Å². The van der Waals surface area contributed by atoms with Gasteiger partial charge in [-0.05, 0) is 31.1 Å². The highest BCUT2D eigenvalue weighted by Crippen LogP contribution is 2.36. The highest BCUT2D eigenvalue weighted by Gasteiger charge is 2.41. The number of rotatable bonds is 4. The third-order valence-corrected chi connectivity index (χ3v) is 4.96. The Hall–Kier alpha value is -1.26. The van der Waals surface area contributed by atoms with Crippen molar-refractivity contribution >= 4 is 12.0 Å². The minimum absolute atomic E-state index is 0.181. The maximum atomic E-state index is 12.0. The summed E-state index contributed by atoms with van der Waals surface area (Å²) in [6.07, 6.45) is 8.57. The van der Waals surface area contributed by atoms with Crippen LogP contribution in [0, 0.1) is 5.41 Å². The fraction of sp³-hybridized carbons (Fsp3) is 0.867. The molecule has 2 amide bonds. The third kappa shape index (κ3) is 3.44. The Morgan fingerprint density at radius 3 is 2.10 bits per heavy atom. The molecule has 0 aromatic rings. The van der Waals surface area contributed by atoms with E-state index in [1.807, 2.05) is 0 Å². The molecule has 0 aromatic heterocycles. The van der Waals surface area contributed by atoms with Crippen molar-refractivity contribution in [2.75, 3.05) is 6.54 Å². The molecule has 0 aliphatic heterocycles. The van der Waals surface area contributed by atoms with Crippen LogP contribution >= 0.6 is 0 Å². The highest BCUT2D eigenvalue weighted by molar-refractivity contribution is 5.86. The van der Waals surface area contributed by atoms with Crippen LogP contribution in [0.25, 0.3) is 0 Å². The smallest absolute Gasteiger partial charge is 0.329 e. The number of carboxylic acid groups (broad SMARTS) is 1. The fourth-order valence-electron chi connectivity index (χ4n) is 3.51. The van der Waals surface area contributed by atoms with Crippen LogP contribution in [0.15, 0.2) is 0 Å². The number of carboxylic acids is 1. The van der Waals surface area contributed by atoms with E-state index in [1.165, 1.54) is 12.8 Å². The lowest BCUT2D eigenvalue weighted by atomic mass is 9.82. The Kier molecular flexibility index (Phi) is 4.55. The number of urea groups is 1. The van der Waals surface area contributed by atoms with Crippen molar-refractivity contribution in [2.24, 2.45) is 5.41 Å². The molecule has 0 aromatic carbocycles. The zero-order valence-corrected chi connectivity index (χ0v) is 12.3. The van der Waals surface area contributed by atoms with Crippen LogP contribution in [0.5, 0.6) is 0 Å². The Labute approximate surface area is 120 Å². The molecule has 0 saturated heterocycles. The average molecular weight is 282 g/mol. The quantitative estimate of drug-likeness (QED) is 0.741. The minimum Gasteiger partial charge on any atom is -0.480 e. The van der Waals surface area contributed by atoms with E-state index in [4.69, 9.17) is 0 Å². The molecular formula is C15H26N2O3. The SMILES string of the molecule is CC1(CNC(=O)NC2(C(=O)O)CCCCC2)CCCC1. The van der Waals surface area contributed by atoms with Gasteiger partial charge < -0.3 is 15.7 Å². The van der Waals surface area contributed by atoms with Gasteiger partial charge >= 0.3 is 12.0 Å². The summed E-state index contributed by atoms with van der Waals surface area (Å²) in [5.74, 6) is -0.903. The molecule has 2 saturated carbocycles. The van der Waals surface area contributed by atoms with E-state index in [2.05, 4.69) is 17.6 Å². The summed E-state index contributed by atoms with van der Waals surface area (Å²) in [6, 6.07) is -0.331. The van der Waals surface area contributed by atoms with Crippen molar-refractivity contribution in [1.29, 1.82) is 0 Å². The second-order valence-corrected chi connectivity index (χ2v) is 6.77. The van der Waals surface area contributed by atoms with Crippen LogP contribution in [0.4, 0.5) is 4.79 Å². The number of hydrogen-bond donors (Lipinski definition) is 3. The summed E-state index contributed by atoms with van der Waals surface area (Å²) in [5.41, 5.74) is -0.876. The lowest BCUT2D eigenvalue weighted by molar-refractivity contribution is -0.145. The third-order valence-electron chi connectivity index (χ3n) is 4.96. The van der Waals surface area contributed by atoms with E-state index in [-0.39, 0.29) is 11.4 Å². The summed E-state index contributed by atoms with van der Waals surface area (Å²) < 4.78 is 0. The second-order valence-electron chi connectivity index (χ2n) is 6.77. The van der Waals surface area contributed by atoms with Gasteiger partial charge in [0.25, 0.3) is 0 Å². The minimum atomic E-state index is -1.06. The van der Waals surface area contributed by atoms with Crippen molar-refractivity contribution in [1.82, 2.24) is 10.6 Å². The molecule has 2 fully saturated rings. The molecule has 0 heterocycles. The van der Waals surface area contributed by atoms with Gasteiger partial charge in [-0.1, -0.05) is 39.0 Å². The molecule has 0 atom stereocenters. The summed E-state index contributed by atoms with van der Waals surface area (Å²) in [6.45, 7) is 2.82. The molecule has 5 heteroatoms. The van der Waals surface area contributed by atoms with E-state index in [0.717, 1.165) is 32.1 Å². The molecular weight excluding hydrogens is 256 g/mol. The maximum absolute atomic E-state index is 12.0. The van der Waals surface area contributed by atoms with E-state index in [9.17, 15) is 14.7 Å². The summed E-state index contributed by atoms with van der Waals surface area (Å²) in [4.78, 5) is 23.5. The molecule has 2 aliphatic carbocycles. The van der Waals surface area contributed by atoms with Crippen LogP contribution in [0.3, 0.4) is 0 Å². The van der Waals surface area contributed by atoms with Gasteiger partial charge in [0.05, 0.1) is 0 Å². The highest BCUT2D eigenvalue weighted by atomic mass is 16.4. The van der Waals surface area contributed by atoms with Gasteiger partial charge in [-0.3, -0.25) is 0 Å². The molecule has 0 bridgehead atoms.